The molecule has 0 atom stereocenters. The van der Waals surface area contributed by atoms with Gasteiger partial charge in [0.1, 0.15) is 4.90 Å². The molecule has 0 saturated heterocycles. The molecular formula is C15H18ClFN6O2S. The minimum Gasteiger partial charge on any atom is -0.366 e. The number of anilines is 1. The molecule has 140 valence electrons. The van der Waals surface area contributed by atoms with Crippen molar-refractivity contribution in [3.05, 3.63) is 36.5 Å². The predicted octanol–water partition coefficient (Wildman–Crippen LogP) is 2.01. The van der Waals surface area contributed by atoms with Crippen LogP contribution in [0, 0.1) is 5.82 Å². The lowest BCUT2D eigenvalue weighted by Gasteiger charge is -2.20. The number of nitrogens with two attached hydrogens (primary N) is 1. The summed E-state index contributed by atoms with van der Waals surface area (Å²) in [5.41, 5.74) is 5.65. The van der Waals surface area contributed by atoms with Gasteiger partial charge in [-0.2, -0.15) is 4.98 Å². The van der Waals surface area contributed by atoms with Gasteiger partial charge < -0.3 is 5.73 Å². The molecule has 3 N–H and O–H groups in total. The maximum Gasteiger partial charge on any atom is 0.242 e. The van der Waals surface area contributed by atoms with E-state index in [0.717, 1.165) is 0 Å². The summed E-state index contributed by atoms with van der Waals surface area (Å²) in [6, 6.07) is 2.65. The average Bonchev–Trinajstić information content (AvgIpc) is 2.86. The van der Waals surface area contributed by atoms with Gasteiger partial charge in [-0.15, -0.1) is 17.5 Å². The van der Waals surface area contributed by atoms with E-state index in [1.54, 1.807) is 20.8 Å². The fourth-order valence-corrected chi connectivity index (χ4v) is 3.71. The van der Waals surface area contributed by atoms with Gasteiger partial charge in [-0.25, -0.2) is 22.0 Å². The lowest BCUT2D eigenvalue weighted by atomic mass is 10.1. The first-order valence-corrected chi connectivity index (χ1v) is 8.84. The summed E-state index contributed by atoms with van der Waals surface area (Å²) in [5.74, 6) is -0.678. The van der Waals surface area contributed by atoms with Gasteiger partial charge in [0.2, 0.25) is 16.0 Å². The van der Waals surface area contributed by atoms with E-state index in [9.17, 15) is 12.8 Å². The van der Waals surface area contributed by atoms with Gasteiger partial charge in [-0.1, -0.05) is 0 Å². The fraction of sp³-hybridized carbons (Fsp3) is 0.267. The smallest absolute Gasteiger partial charge is 0.242 e. The van der Waals surface area contributed by atoms with Crippen LogP contribution in [0.4, 0.5) is 10.3 Å². The maximum atomic E-state index is 14.2. The van der Waals surface area contributed by atoms with Crippen LogP contribution in [0.5, 0.6) is 0 Å². The molecule has 0 aliphatic carbocycles. The highest BCUT2D eigenvalue weighted by atomic mass is 35.5. The van der Waals surface area contributed by atoms with Crippen LogP contribution in [0.15, 0.2) is 35.6 Å². The number of nitrogens with zero attached hydrogens (tertiary/aromatic N) is 4. The summed E-state index contributed by atoms with van der Waals surface area (Å²) < 4.78 is 42.8. The Hall–Kier alpha value is -2.30. The van der Waals surface area contributed by atoms with E-state index in [1.807, 2.05) is 0 Å². The molecule has 0 aromatic carbocycles. The Morgan fingerprint density at radius 1 is 1.19 bits per heavy atom. The lowest BCUT2D eigenvalue weighted by molar-refractivity contribution is 0.491. The molecule has 0 aliphatic rings. The van der Waals surface area contributed by atoms with E-state index in [-0.39, 0.29) is 28.9 Å². The van der Waals surface area contributed by atoms with Crippen molar-refractivity contribution in [1.82, 2.24) is 24.3 Å². The van der Waals surface area contributed by atoms with Crippen molar-refractivity contribution in [3.8, 4) is 11.1 Å². The van der Waals surface area contributed by atoms with Gasteiger partial charge in [-0.3, -0.25) is 4.98 Å². The first kappa shape index (κ1) is 20.0. The first-order valence-electron chi connectivity index (χ1n) is 7.36. The van der Waals surface area contributed by atoms with Crippen molar-refractivity contribution in [2.45, 2.75) is 31.2 Å². The van der Waals surface area contributed by atoms with Crippen molar-refractivity contribution < 1.29 is 12.8 Å². The normalized spacial score (nSPS) is 12.2. The van der Waals surface area contributed by atoms with Gasteiger partial charge in [0.25, 0.3) is 0 Å². The molecule has 3 aromatic heterocycles. The molecule has 0 fully saturated rings. The van der Waals surface area contributed by atoms with Crippen molar-refractivity contribution >= 4 is 34.0 Å². The highest BCUT2D eigenvalue weighted by molar-refractivity contribution is 7.89. The van der Waals surface area contributed by atoms with Crippen LogP contribution in [-0.4, -0.2) is 33.5 Å². The quantitative estimate of drug-likeness (QED) is 0.694. The molecule has 11 heteroatoms. The Kier molecular flexibility index (Phi) is 5.22. The summed E-state index contributed by atoms with van der Waals surface area (Å²) in [4.78, 5) is 7.72. The average molecular weight is 401 g/mol. The van der Waals surface area contributed by atoms with E-state index < -0.39 is 21.4 Å². The minimum atomic E-state index is -3.76. The third-order valence-electron chi connectivity index (χ3n) is 3.20. The van der Waals surface area contributed by atoms with Gasteiger partial charge in [0.15, 0.2) is 11.5 Å². The second-order valence-electron chi connectivity index (χ2n) is 6.58. The SMILES string of the molecule is CC(C)(C)NS(=O)(=O)c1cncc(-c2cc(F)c3nc(N)nn3c2)c1.Cl. The standard InChI is InChI=1S/C15H17FN6O2S.ClH/c1-15(2,3)21-25(23,24)11-4-9(6-18-7-11)10-5-12(16)13-19-14(17)20-22(13)8-10;/h4-8,21H,1-3H3,(H2,17,20);1H. The Labute approximate surface area is 156 Å². The monoisotopic (exact) mass is 400 g/mol. The van der Waals surface area contributed by atoms with Crippen molar-refractivity contribution in [3.63, 3.8) is 0 Å². The molecule has 0 spiro atoms. The maximum absolute atomic E-state index is 14.2. The molecule has 0 aliphatic heterocycles. The van der Waals surface area contributed by atoms with E-state index in [2.05, 4.69) is 19.8 Å². The number of sulfonamides is 1. The third-order valence-corrected chi connectivity index (χ3v) is 4.93. The van der Waals surface area contributed by atoms with Crippen molar-refractivity contribution in [2.24, 2.45) is 0 Å². The van der Waals surface area contributed by atoms with Gasteiger partial charge in [0.05, 0.1) is 0 Å². The largest absolute Gasteiger partial charge is 0.366 e. The second-order valence-corrected chi connectivity index (χ2v) is 8.26. The number of hydrogen-bond acceptors (Lipinski definition) is 6. The van der Waals surface area contributed by atoms with E-state index in [0.29, 0.717) is 11.1 Å². The number of halogens is 2. The minimum absolute atomic E-state index is 0. The number of hydrogen-bond donors (Lipinski definition) is 2. The highest BCUT2D eigenvalue weighted by Crippen LogP contribution is 2.24. The molecule has 8 nitrogen and oxygen atoms in total. The Bertz CT molecular complexity index is 1060. The molecular weight excluding hydrogens is 383 g/mol. The predicted molar refractivity (Wildman–Crippen MR) is 97.9 cm³/mol. The number of rotatable bonds is 3. The summed E-state index contributed by atoms with van der Waals surface area (Å²) >= 11 is 0. The molecule has 0 saturated carbocycles. The van der Waals surface area contributed by atoms with E-state index in [1.165, 1.54) is 35.2 Å². The number of pyridine rings is 2. The number of nitrogen functional groups attached to an aromatic ring is 1. The topological polar surface area (TPSA) is 115 Å². The summed E-state index contributed by atoms with van der Waals surface area (Å²) in [6.45, 7) is 5.21. The van der Waals surface area contributed by atoms with E-state index >= 15 is 0 Å². The van der Waals surface area contributed by atoms with Gasteiger partial charge in [0, 0.05) is 35.3 Å². The van der Waals surface area contributed by atoms with Crippen LogP contribution in [0.1, 0.15) is 20.8 Å². The molecule has 26 heavy (non-hydrogen) atoms. The fourth-order valence-electron chi connectivity index (χ4n) is 2.31. The molecule has 0 bridgehead atoms. The Morgan fingerprint density at radius 2 is 1.88 bits per heavy atom. The molecule has 0 amide bonds. The molecule has 3 aromatic rings. The first-order chi connectivity index (χ1) is 11.5. The van der Waals surface area contributed by atoms with Crippen LogP contribution in [-0.2, 0) is 10.0 Å². The number of aromatic nitrogens is 4. The summed E-state index contributed by atoms with van der Waals surface area (Å²) in [5, 5.41) is 3.87. The lowest BCUT2D eigenvalue weighted by Crippen LogP contribution is -2.40. The van der Waals surface area contributed by atoms with Crippen LogP contribution >= 0.6 is 12.4 Å². The highest BCUT2D eigenvalue weighted by Gasteiger charge is 2.23. The Balaban J connectivity index is 0.00000243. The van der Waals surface area contributed by atoms with Crippen LogP contribution in [0.25, 0.3) is 16.8 Å². The molecule has 0 radical (unpaired) electrons. The van der Waals surface area contributed by atoms with E-state index in [4.69, 9.17) is 5.73 Å². The van der Waals surface area contributed by atoms with Crippen molar-refractivity contribution in [1.29, 1.82) is 0 Å². The van der Waals surface area contributed by atoms with Gasteiger partial charge >= 0.3 is 0 Å². The second kappa shape index (κ2) is 6.78. The molecule has 3 rings (SSSR count). The Morgan fingerprint density at radius 3 is 2.54 bits per heavy atom. The summed E-state index contributed by atoms with van der Waals surface area (Å²) in [7, 11) is -3.76. The zero-order chi connectivity index (χ0) is 18.4. The zero-order valence-electron chi connectivity index (χ0n) is 14.3. The van der Waals surface area contributed by atoms with Crippen LogP contribution in [0.2, 0.25) is 0 Å². The number of fused-ring (bicyclic) bond motifs is 1. The zero-order valence-corrected chi connectivity index (χ0v) is 15.9. The number of nitrogens with one attached hydrogen (secondary N) is 1. The molecule has 3 heterocycles. The van der Waals surface area contributed by atoms with Crippen molar-refractivity contribution in [2.75, 3.05) is 5.73 Å². The summed E-state index contributed by atoms with van der Waals surface area (Å²) in [6.07, 6.45) is 4.18. The third kappa shape index (κ3) is 4.09. The van der Waals surface area contributed by atoms with Crippen LogP contribution in [0.3, 0.4) is 0 Å². The molecule has 0 unspecified atom stereocenters. The van der Waals surface area contributed by atoms with Gasteiger partial charge in [-0.05, 0) is 32.9 Å². The van der Waals surface area contributed by atoms with Crippen LogP contribution < -0.4 is 10.5 Å².